The largest absolute Gasteiger partial charge is 0.494 e. The van der Waals surface area contributed by atoms with Crippen LogP contribution in [-0.4, -0.2) is 50.8 Å². The number of nitrogens with one attached hydrogen (secondary N) is 1. The molecule has 1 amide bonds. The number of anilines is 1. The fourth-order valence-corrected chi connectivity index (χ4v) is 2.53. The third kappa shape index (κ3) is 6.74. The first-order valence-corrected chi connectivity index (χ1v) is 9.28. The lowest BCUT2D eigenvalue weighted by Gasteiger charge is -2.18. The zero-order chi connectivity index (χ0) is 20.4. The quantitative estimate of drug-likeness (QED) is 0.636. The lowest BCUT2D eigenvalue weighted by molar-refractivity contribution is -0.117. The smallest absolute Gasteiger partial charge is 0.238 e. The monoisotopic (exact) mass is 390 g/mol. The fourth-order valence-electron chi connectivity index (χ4n) is 2.53. The molecule has 0 saturated heterocycles. The van der Waals surface area contributed by atoms with E-state index in [9.17, 15) is 9.18 Å². The van der Waals surface area contributed by atoms with Crippen molar-refractivity contribution in [3.63, 3.8) is 0 Å². The minimum atomic E-state index is -0.402. The van der Waals surface area contributed by atoms with Crippen molar-refractivity contribution in [1.29, 1.82) is 0 Å². The van der Waals surface area contributed by atoms with E-state index in [4.69, 9.17) is 14.2 Å². The highest BCUT2D eigenvalue weighted by Crippen LogP contribution is 2.29. The van der Waals surface area contributed by atoms with Gasteiger partial charge in [0, 0.05) is 12.6 Å². The van der Waals surface area contributed by atoms with Crippen LogP contribution in [0.1, 0.15) is 13.8 Å². The van der Waals surface area contributed by atoms with E-state index < -0.39 is 5.82 Å². The van der Waals surface area contributed by atoms with Crippen LogP contribution in [0.4, 0.5) is 10.1 Å². The van der Waals surface area contributed by atoms with Crippen LogP contribution in [0.2, 0.25) is 0 Å². The van der Waals surface area contributed by atoms with E-state index >= 15 is 0 Å². The minimum Gasteiger partial charge on any atom is -0.494 e. The molecule has 0 atom stereocenters. The van der Waals surface area contributed by atoms with Gasteiger partial charge in [-0.2, -0.15) is 0 Å². The molecule has 0 aliphatic heterocycles. The maximum absolute atomic E-state index is 13.5. The van der Waals surface area contributed by atoms with Crippen LogP contribution in [0, 0.1) is 5.82 Å². The SMILES string of the molecule is CCOc1ccc(OCC)c(NC(=O)CN(C)CCOc2ccccc2F)c1. The predicted octanol–water partition coefficient (Wildman–Crippen LogP) is 3.57. The highest BCUT2D eigenvalue weighted by Gasteiger charge is 2.12. The Morgan fingerprint density at radius 2 is 1.79 bits per heavy atom. The van der Waals surface area contributed by atoms with Gasteiger partial charge in [0.15, 0.2) is 11.6 Å². The second-order valence-corrected chi connectivity index (χ2v) is 6.09. The summed E-state index contributed by atoms with van der Waals surface area (Å²) < 4.78 is 30.0. The Morgan fingerprint density at radius 1 is 1.04 bits per heavy atom. The summed E-state index contributed by atoms with van der Waals surface area (Å²) in [7, 11) is 1.80. The predicted molar refractivity (Wildman–Crippen MR) is 107 cm³/mol. The molecule has 28 heavy (non-hydrogen) atoms. The van der Waals surface area contributed by atoms with Gasteiger partial charge in [-0.3, -0.25) is 9.69 Å². The Hall–Kier alpha value is -2.80. The average molecular weight is 390 g/mol. The number of rotatable bonds is 11. The number of carbonyl (C=O) groups excluding carboxylic acids is 1. The van der Waals surface area contributed by atoms with Crippen LogP contribution in [0.5, 0.6) is 17.2 Å². The molecule has 0 fully saturated rings. The minimum absolute atomic E-state index is 0.158. The summed E-state index contributed by atoms with van der Waals surface area (Å²) in [4.78, 5) is 14.2. The Balaban J connectivity index is 1.86. The number of hydrogen-bond donors (Lipinski definition) is 1. The Morgan fingerprint density at radius 3 is 2.50 bits per heavy atom. The number of amides is 1. The lowest BCUT2D eigenvalue weighted by Crippen LogP contribution is -2.33. The molecular formula is C21H27FN2O4. The van der Waals surface area contributed by atoms with Crippen molar-refractivity contribution in [2.45, 2.75) is 13.8 Å². The molecule has 2 rings (SSSR count). The van der Waals surface area contributed by atoms with Crippen molar-refractivity contribution in [2.75, 3.05) is 45.3 Å². The standard InChI is InChI=1S/C21H27FN2O4/c1-4-26-16-10-11-20(27-5-2)18(14-16)23-21(25)15-24(3)12-13-28-19-9-7-6-8-17(19)22/h6-11,14H,4-5,12-13,15H2,1-3H3,(H,23,25). The van der Waals surface area contributed by atoms with E-state index in [1.807, 2.05) is 13.8 Å². The summed E-state index contributed by atoms with van der Waals surface area (Å²) in [5.41, 5.74) is 0.564. The van der Waals surface area contributed by atoms with E-state index in [0.717, 1.165) is 0 Å². The van der Waals surface area contributed by atoms with E-state index in [1.54, 1.807) is 48.3 Å². The van der Waals surface area contributed by atoms with E-state index in [1.165, 1.54) is 6.07 Å². The van der Waals surface area contributed by atoms with E-state index in [-0.39, 0.29) is 24.8 Å². The highest BCUT2D eigenvalue weighted by molar-refractivity contribution is 5.94. The summed E-state index contributed by atoms with van der Waals surface area (Å²) in [5, 5.41) is 2.86. The molecule has 0 bridgehead atoms. The topological polar surface area (TPSA) is 60.0 Å². The van der Waals surface area contributed by atoms with Crippen LogP contribution in [0.15, 0.2) is 42.5 Å². The zero-order valence-electron chi connectivity index (χ0n) is 16.5. The molecule has 0 radical (unpaired) electrons. The molecule has 0 aliphatic carbocycles. The van der Waals surface area contributed by atoms with Crippen LogP contribution in [0.25, 0.3) is 0 Å². The maximum atomic E-state index is 13.5. The Kier molecular flexibility index (Phi) is 8.55. The number of benzene rings is 2. The van der Waals surface area contributed by atoms with Crippen molar-refractivity contribution in [3.05, 3.63) is 48.3 Å². The average Bonchev–Trinajstić information content (AvgIpc) is 2.65. The van der Waals surface area contributed by atoms with Gasteiger partial charge in [0.05, 0.1) is 25.4 Å². The summed E-state index contributed by atoms with van der Waals surface area (Å²) in [6.45, 7) is 5.70. The van der Waals surface area contributed by atoms with Gasteiger partial charge in [-0.25, -0.2) is 4.39 Å². The molecule has 2 aromatic carbocycles. The summed E-state index contributed by atoms with van der Waals surface area (Å²) in [5.74, 6) is 0.857. The van der Waals surface area contributed by atoms with Gasteiger partial charge in [-0.05, 0) is 45.2 Å². The number of halogens is 1. The van der Waals surface area contributed by atoms with Crippen molar-refractivity contribution >= 4 is 11.6 Å². The summed E-state index contributed by atoms with van der Waals surface area (Å²) in [6, 6.07) is 11.6. The molecule has 1 N–H and O–H groups in total. The first-order valence-electron chi connectivity index (χ1n) is 9.28. The maximum Gasteiger partial charge on any atom is 0.238 e. The number of ether oxygens (including phenoxy) is 3. The highest BCUT2D eigenvalue weighted by atomic mass is 19.1. The summed E-state index contributed by atoms with van der Waals surface area (Å²) >= 11 is 0. The lowest BCUT2D eigenvalue weighted by atomic mass is 10.2. The first-order chi connectivity index (χ1) is 13.5. The molecule has 2 aromatic rings. The van der Waals surface area contributed by atoms with Gasteiger partial charge in [-0.15, -0.1) is 0 Å². The van der Waals surface area contributed by atoms with Gasteiger partial charge in [0.2, 0.25) is 5.91 Å². The van der Waals surface area contributed by atoms with Crippen molar-refractivity contribution in [2.24, 2.45) is 0 Å². The Labute approximate surface area is 165 Å². The van der Waals surface area contributed by atoms with Crippen LogP contribution < -0.4 is 19.5 Å². The number of nitrogens with zero attached hydrogens (tertiary/aromatic N) is 1. The number of para-hydroxylation sites is 1. The fraction of sp³-hybridized carbons (Fsp3) is 0.381. The number of likely N-dealkylation sites (N-methyl/N-ethyl adjacent to an activating group) is 1. The van der Waals surface area contributed by atoms with E-state index in [0.29, 0.717) is 36.9 Å². The van der Waals surface area contributed by atoms with Gasteiger partial charge in [-0.1, -0.05) is 12.1 Å². The molecule has 0 unspecified atom stereocenters. The molecule has 152 valence electrons. The van der Waals surface area contributed by atoms with Gasteiger partial charge < -0.3 is 19.5 Å². The number of carbonyl (C=O) groups is 1. The second kappa shape index (κ2) is 11.1. The Bertz CT molecular complexity index is 770. The van der Waals surface area contributed by atoms with Crippen LogP contribution in [0.3, 0.4) is 0 Å². The third-order valence-electron chi connectivity index (χ3n) is 3.82. The summed E-state index contributed by atoms with van der Waals surface area (Å²) in [6.07, 6.45) is 0. The van der Waals surface area contributed by atoms with Crippen molar-refractivity contribution < 1.29 is 23.4 Å². The number of hydrogen-bond acceptors (Lipinski definition) is 5. The van der Waals surface area contributed by atoms with E-state index in [2.05, 4.69) is 5.32 Å². The zero-order valence-corrected chi connectivity index (χ0v) is 16.5. The molecular weight excluding hydrogens is 363 g/mol. The van der Waals surface area contributed by atoms with Crippen LogP contribution >= 0.6 is 0 Å². The molecule has 7 heteroatoms. The second-order valence-electron chi connectivity index (χ2n) is 6.09. The molecule has 0 heterocycles. The van der Waals surface area contributed by atoms with Gasteiger partial charge in [0.25, 0.3) is 0 Å². The first kappa shape index (κ1) is 21.5. The third-order valence-corrected chi connectivity index (χ3v) is 3.82. The molecule has 0 saturated carbocycles. The van der Waals surface area contributed by atoms with Gasteiger partial charge >= 0.3 is 0 Å². The van der Waals surface area contributed by atoms with Crippen molar-refractivity contribution in [3.8, 4) is 17.2 Å². The molecule has 6 nitrogen and oxygen atoms in total. The van der Waals surface area contributed by atoms with Crippen LogP contribution in [-0.2, 0) is 4.79 Å². The van der Waals surface area contributed by atoms with Gasteiger partial charge in [0.1, 0.15) is 18.1 Å². The molecule has 0 aliphatic rings. The molecule has 0 spiro atoms. The van der Waals surface area contributed by atoms with Crippen molar-refractivity contribution in [1.82, 2.24) is 4.90 Å². The normalized spacial score (nSPS) is 10.6. The molecule has 0 aromatic heterocycles.